The Kier molecular flexibility index (Phi) is 46.0. The minimum absolute atomic E-state index is 0.0181. The summed E-state index contributed by atoms with van der Waals surface area (Å²) in [4.78, 5) is 219. The number of primary amides is 2. The van der Waals surface area contributed by atoms with Gasteiger partial charge in [-0.1, -0.05) is 54.4 Å². The fourth-order valence-corrected chi connectivity index (χ4v) is 11.2. The first-order valence-electron chi connectivity index (χ1n) is 36.1. The normalized spacial score (nSPS) is 16.7. The highest BCUT2D eigenvalue weighted by Gasteiger charge is 2.39. The lowest BCUT2D eigenvalue weighted by Crippen LogP contribution is -2.63. The minimum atomic E-state index is -1.92. The summed E-state index contributed by atoms with van der Waals surface area (Å²) < 4.78 is 0. The Bertz CT molecular complexity index is 3000. The number of carbonyl (C=O) groups excluding carboxylic acids is 16. The summed E-state index contributed by atoms with van der Waals surface area (Å²) in [7, 11) is 0. The quantitative estimate of drug-likeness (QED) is 0.0153. The second-order valence-electron chi connectivity index (χ2n) is 26.9. The van der Waals surface area contributed by atoms with Gasteiger partial charge in [0.25, 0.3) is 0 Å². The highest BCUT2D eigenvalue weighted by Crippen LogP contribution is 2.16. The molecule has 41 heteroatoms. The lowest BCUT2D eigenvalue weighted by Gasteiger charge is -2.30. The lowest BCUT2D eigenvalue weighted by atomic mass is 9.96. The average Bonchev–Trinajstić information content (AvgIpc) is 1.31. The van der Waals surface area contributed by atoms with Crippen molar-refractivity contribution in [3.8, 4) is 0 Å². The number of aliphatic imine (C=N–C) groups is 1. The number of carbonyl (C=O) groups is 16. The third-order valence-electron chi connectivity index (χ3n) is 17.4. The molecule has 0 spiro atoms. The number of aliphatic hydroxyl groups is 3. The summed E-state index contributed by atoms with van der Waals surface area (Å²) in [6, 6.07) is -17.4. The summed E-state index contributed by atoms with van der Waals surface area (Å²) >= 11 is 1.37. The first-order chi connectivity index (χ1) is 50.4. The Morgan fingerprint density at radius 3 is 1.36 bits per heavy atom. The summed E-state index contributed by atoms with van der Waals surface area (Å²) in [5.41, 5.74) is 33.3. The molecule has 40 nitrogen and oxygen atoms in total. The Morgan fingerprint density at radius 2 is 0.907 bits per heavy atom. The van der Waals surface area contributed by atoms with Crippen LogP contribution in [0.4, 0.5) is 0 Å². The summed E-state index contributed by atoms with van der Waals surface area (Å²) in [6.45, 7) is 10.2. The van der Waals surface area contributed by atoms with Crippen LogP contribution in [-0.2, 0) is 76.7 Å². The predicted molar refractivity (Wildman–Crippen MR) is 394 cm³/mol. The number of nitrogens with one attached hydrogen (secondary N) is 14. The van der Waals surface area contributed by atoms with E-state index in [1.807, 2.05) is 0 Å². The van der Waals surface area contributed by atoms with Gasteiger partial charge in [0.1, 0.15) is 72.5 Å². The van der Waals surface area contributed by atoms with Crippen LogP contribution in [0.25, 0.3) is 0 Å². The molecule has 1 rings (SSSR count). The number of unbranched alkanes of at least 4 members (excludes halogenated alkanes) is 2. The maximum Gasteiger partial charge on any atom is 0.245 e. The molecule has 0 unspecified atom stereocenters. The number of nitrogens with two attached hydrogens (primary N) is 6. The topological polar surface area (TPSA) is 671 Å². The van der Waals surface area contributed by atoms with Crippen LogP contribution in [0.2, 0.25) is 0 Å². The van der Waals surface area contributed by atoms with Gasteiger partial charge in [-0.25, -0.2) is 0 Å². The van der Waals surface area contributed by atoms with Crippen LogP contribution in [0, 0.1) is 17.8 Å². The van der Waals surface area contributed by atoms with Crippen molar-refractivity contribution in [2.24, 2.45) is 57.1 Å². The summed E-state index contributed by atoms with van der Waals surface area (Å²) in [5.74, 6) is -15.5. The van der Waals surface area contributed by atoms with Gasteiger partial charge in [-0.15, -0.1) is 0 Å². The van der Waals surface area contributed by atoms with E-state index >= 15 is 0 Å². The molecule has 1 aliphatic heterocycles. The van der Waals surface area contributed by atoms with Crippen molar-refractivity contribution in [2.45, 2.75) is 243 Å². The van der Waals surface area contributed by atoms with Gasteiger partial charge in [-0.3, -0.25) is 81.7 Å². The Balaban J connectivity index is 3.42. The number of amides is 16. The molecule has 0 aromatic heterocycles. The van der Waals surface area contributed by atoms with E-state index in [1.165, 1.54) is 11.8 Å². The molecular weight excluding hydrogens is 1420 g/mol. The maximum atomic E-state index is 14.4. The van der Waals surface area contributed by atoms with Crippen molar-refractivity contribution in [1.82, 2.24) is 74.4 Å². The zero-order valence-corrected chi connectivity index (χ0v) is 63.6. The highest BCUT2D eigenvalue weighted by atomic mass is 32.2. The van der Waals surface area contributed by atoms with Crippen molar-refractivity contribution >= 4 is 112 Å². The molecule has 16 atom stereocenters. The van der Waals surface area contributed by atoms with E-state index < -0.39 is 205 Å². The van der Waals surface area contributed by atoms with E-state index in [4.69, 9.17) is 34.4 Å². The Morgan fingerprint density at radius 1 is 0.495 bits per heavy atom. The molecule has 0 radical (unpaired) electrons. The van der Waals surface area contributed by atoms with E-state index in [0.29, 0.717) is 37.9 Å². The van der Waals surface area contributed by atoms with E-state index in [-0.39, 0.29) is 108 Å². The minimum Gasteiger partial charge on any atom is -0.394 e. The first-order valence-corrected chi connectivity index (χ1v) is 37.5. The van der Waals surface area contributed by atoms with Crippen molar-refractivity contribution in [3.05, 3.63) is 0 Å². The SMILES string of the molecule is CC[C@H](C)[C@H](NC(=O)[C@H](CCSC)NC(=O)CNC(=O)[C@@H]1CCC(=O)N1)C(=O)NCC(=O)N[C@H](C(=O)N[C@@H](CC(C)C)C(=O)N[C@H](C(=O)N[C@@H](CO)C(=O)N[C@@H](CCCCN)C(=O)N[C@@H](CCCN=C(N)N)C(=O)N[C@H](C(=O)N[C@@H](CCCCN)C(=O)N[C@@H](CCC(N)=O)C(N)=O)[C@@H](C)CC)[C@@H](C)O)[C@@H](C)O. The number of guanidine groups is 1. The third-order valence-corrected chi connectivity index (χ3v) is 18.0. The maximum absolute atomic E-state index is 14.4. The number of aliphatic hydroxyl groups excluding tert-OH is 3. The molecule has 1 heterocycles. The Hall–Kier alpha value is -9.06. The van der Waals surface area contributed by atoms with Crippen molar-refractivity contribution in [1.29, 1.82) is 0 Å². The van der Waals surface area contributed by atoms with Crippen molar-refractivity contribution < 1.29 is 92.0 Å². The Labute approximate surface area is 627 Å². The second-order valence-corrected chi connectivity index (χ2v) is 27.8. The van der Waals surface area contributed by atoms with Gasteiger partial charge >= 0.3 is 0 Å². The van der Waals surface area contributed by atoms with Crippen LogP contribution in [-0.4, -0.2) is 252 Å². The van der Waals surface area contributed by atoms with Gasteiger partial charge < -0.3 is 124 Å². The molecular formula is C66H119N21O19S. The smallest absolute Gasteiger partial charge is 0.245 e. The van der Waals surface area contributed by atoms with Gasteiger partial charge in [0.2, 0.25) is 94.5 Å². The van der Waals surface area contributed by atoms with Gasteiger partial charge in [-0.2, -0.15) is 11.8 Å². The fraction of sp³-hybridized carbons (Fsp3) is 0.742. The fourth-order valence-electron chi connectivity index (χ4n) is 10.7. The molecule has 608 valence electrons. The molecule has 0 aromatic carbocycles. The van der Waals surface area contributed by atoms with Crippen LogP contribution in [0.3, 0.4) is 0 Å². The molecule has 0 aliphatic carbocycles. The molecule has 1 saturated heterocycles. The van der Waals surface area contributed by atoms with E-state index in [2.05, 4.69) is 79.4 Å². The molecule has 0 saturated carbocycles. The van der Waals surface area contributed by atoms with Gasteiger partial charge in [0.05, 0.1) is 31.9 Å². The van der Waals surface area contributed by atoms with Gasteiger partial charge in [-0.05, 0) is 134 Å². The number of rotatable bonds is 54. The predicted octanol–water partition coefficient (Wildman–Crippen LogP) is -8.46. The third kappa shape index (κ3) is 36.9. The van der Waals surface area contributed by atoms with E-state index in [0.717, 1.165) is 13.8 Å². The van der Waals surface area contributed by atoms with Crippen LogP contribution in [0.5, 0.6) is 0 Å². The monoisotopic (exact) mass is 1540 g/mol. The number of hydrogen-bond donors (Lipinski definition) is 23. The van der Waals surface area contributed by atoms with Gasteiger partial charge in [0, 0.05) is 19.4 Å². The molecule has 29 N–H and O–H groups in total. The molecule has 1 fully saturated rings. The average molecular weight is 1540 g/mol. The van der Waals surface area contributed by atoms with E-state index in [1.54, 1.807) is 47.8 Å². The molecule has 107 heavy (non-hydrogen) atoms. The van der Waals surface area contributed by atoms with Crippen molar-refractivity contribution in [3.63, 3.8) is 0 Å². The number of hydrogen-bond acceptors (Lipinski definition) is 23. The highest BCUT2D eigenvalue weighted by molar-refractivity contribution is 7.98. The molecule has 1 aliphatic rings. The molecule has 16 amide bonds. The first kappa shape index (κ1) is 96.0. The van der Waals surface area contributed by atoms with Gasteiger partial charge in [0.15, 0.2) is 5.96 Å². The zero-order chi connectivity index (χ0) is 81.2. The second kappa shape index (κ2) is 51.3. The lowest BCUT2D eigenvalue weighted by molar-refractivity contribution is -0.138. The summed E-state index contributed by atoms with van der Waals surface area (Å²) in [5, 5.41) is 66.9. The largest absolute Gasteiger partial charge is 0.394 e. The van der Waals surface area contributed by atoms with Crippen LogP contribution >= 0.6 is 11.8 Å². The zero-order valence-electron chi connectivity index (χ0n) is 62.8. The molecule has 0 aromatic rings. The van der Waals surface area contributed by atoms with Crippen LogP contribution < -0.4 is 109 Å². The summed E-state index contributed by atoms with van der Waals surface area (Å²) in [6.07, 6.45) is -0.0758. The molecule has 0 bridgehead atoms. The standard InChI is InChI=1S/C66H119N21O19S/c1-10-34(5)50(85-59(100)43(24-28-107-9)77-48(93)30-74-55(96)42-21-23-47(92)76-42)62(103)75-31-49(94)84-52(36(7)89)64(105)82-44(29-33(3)4)60(101)87-53(37(8)90)65(106)83-45(32-88)61(102)80-39(17-12-14-25-67)57(98)79-41(19-16-27-73-66(71)72)58(99)86-51(35(6)11-2)63(104)81-40(18-13-15-26-68)56(97)78-38(54(70)95)20-22-46(69)91/h33-45,50-53,88-90H,10-32,67-68H2,1-9H3,(H2,69,91)(H2,70,95)(H,74,96)(H,75,103)(H,76,92)(H,77,93)(H,78,97)(H,79,98)(H,80,102)(H,81,104)(H,82,105)(H,83,106)(H,84,94)(H,85,100)(H,86,99)(H,87,101)(H4,71,72,73)/t34-,35-,36+,37+,38-,39-,40-,41-,42-,43-,44-,45-,50-,51-,52-,53-/m0/s1. The van der Waals surface area contributed by atoms with Crippen LogP contribution in [0.1, 0.15) is 158 Å². The van der Waals surface area contributed by atoms with Crippen molar-refractivity contribution in [2.75, 3.05) is 51.3 Å². The number of nitrogens with zero attached hydrogens (tertiary/aromatic N) is 1. The van der Waals surface area contributed by atoms with E-state index in [9.17, 15) is 92.0 Å². The van der Waals surface area contributed by atoms with Crippen LogP contribution in [0.15, 0.2) is 4.99 Å². The number of thioether (sulfide) groups is 1.